The Kier molecular flexibility index (Phi) is 15.9. The van der Waals surface area contributed by atoms with Gasteiger partial charge >= 0.3 is 0 Å². The summed E-state index contributed by atoms with van der Waals surface area (Å²) in [4.78, 5) is 4.74. The van der Waals surface area contributed by atoms with Crippen LogP contribution in [0.15, 0.2) is 409 Å². The number of anilines is 6. The predicted molar refractivity (Wildman–Crippen MR) is 529 cm³/mol. The van der Waals surface area contributed by atoms with Crippen LogP contribution in [-0.4, -0.2) is 13.4 Å². The second-order valence-electron chi connectivity index (χ2n) is 33.7. The molecule has 5 heterocycles. The van der Waals surface area contributed by atoms with Gasteiger partial charge < -0.3 is 28.1 Å². The first-order valence-electron chi connectivity index (χ1n) is 42.9. The van der Waals surface area contributed by atoms with Gasteiger partial charge in [0.2, 0.25) is 13.4 Å². The molecule has 0 amide bonds. The van der Waals surface area contributed by atoms with Crippen LogP contribution in [0.25, 0.3) is 162 Å². The van der Waals surface area contributed by atoms with Crippen molar-refractivity contribution < 1.29 is 18.3 Å². The van der Waals surface area contributed by atoms with Crippen LogP contribution in [0.1, 0.15) is 11.1 Å². The summed E-state index contributed by atoms with van der Waals surface area (Å²) in [6.07, 6.45) is 0. The molecule has 0 saturated carbocycles. The minimum Gasteiger partial charge on any atom is -0.456 e. The highest BCUT2D eigenvalue weighted by Crippen LogP contribution is 2.55. The molecule has 24 aromatic rings. The first-order valence-corrected chi connectivity index (χ1v) is 43.8. The Bertz CT molecular complexity index is 8690. The van der Waals surface area contributed by atoms with E-state index in [1.54, 1.807) is 0 Å². The van der Waals surface area contributed by atoms with Crippen molar-refractivity contribution >= 4 is 220 Å². The molecule has 0 bridgehead atoms. The number of benzene rings is 21. The summed E-state index contributed by atoms with van der Waals surface area (Å²) < 4.78 is 30.1. The minimum absolute atomic E-state index is 0.0973. The zero-order chi connectivity index (χ0) is 82.2. The van der Waals surface area contributed by atoms with E-state index in [1.165, 1.54) is 107 Å². The van der Waals surface area contributed by atoms with Crippen LogP contribution in [-0.2, 0) is 0 Å². The number of para-hydroxylation sites is 3. The molecule has 2 aliphatic rings. The number of furan rings is 2. The van der Waals surface area contributed by atoms with Gasteiger partial charge in [-0.3, -0.25) is 0 Å². The minimum atomic E-state index is -0.160. The van der Waals surface area contributed by atoms with Crippen molar-refractivity contribution in [1.29, 1.82) is 0 Å². The van der Waals surface area contributed by atoms with E-state index < -0.39 is 0 Å². The number of thiophene rings is 1. The molecular weight excluding hydrogens is 1540 g/mol. The Morgan fingerprint density at radius 2 is 0.640 bits per heavy atom. The third kappa shape index (κ3) is 11.2. The summed E-state index contributed by atoms with van der Waals surface area (Å²) in [5.41, 5.74) is 26.1. The molecule has 0 N–H and O–H groups in total. The van der Waals surface area contributed by atoms with Gasteiger partial charge in [-0.15, -0.1) is 11.3 Å². The van der Waals surface area contributed by atoms with Gasteiger partial charge in [0.15, 0.2) is 0 Å². The lowest BCUT2D eigenvalue weighted by Crippen LogP contribution is -2.54. The molecule has 21 aromatic carbocycles. The molecule has 0 radical (unpaired) electrons. The standard InChI is InChI=1S/C116H72B2N2O4S/c1-69-24-19-25-70(2)116(69)118(75-48-55-106-97(60-75)86-38-13-16-43-104(86)121-106)103-68-96-92-42-23-46-109-115(92)101(66-94(96)83-35-10-12-37-85(83)103)89-54-50-81(64-111(89)124-109)120(78-51-56-107-98(61-78)87-39-14-17-44-105(87)122-107)77-33-21-27-72(59-77)71-26-20-30-74(58-71)117(73-28-5-3-6-29-73)102-67-95-91-41-22-45-108-114(91)100(65-93(95)82-34-9-11-36-84(82)102)88-53-49-80(63-110(88)123-108)119(76-31-7-4-8-32-76)79-52-57-113-99(62-79)90-40-15-18-47-112(90)125-113/h3-68H,1-2H3. The van der Waals surface area contributed by atoms with Crippen LogP contribution in [0.4, 0.5) is 34.1 Å². The van der Waals surface area contributed by atoms with Crippen LogP contribution in [0.3, 0.4) is 0 Å². The van der Waals surface area contributed by atoms with Gasteiger partial charge in [0.05, 0.1) is 0 Å². The van der Waals surface area contributed by atoms with Gasteiger partial charge in [0, 0.05) is 110 Å². The van der Waals surface area contributed by atoms with Crippen molar-refractivity contribution in [3.63, 3.8) is 0 Å². The Balaban J connectivity index is 0.589. The molecule has 0 spiro atoms. The molecule has 9 heteroatoms. The van der Waals surface area contributed by atoms with Crippen LogP contribution in [0, 0.1) is 13.8 Å². The van der Waals surface area contributed by atoms with Crippen molar-refractivity contribution in [2.45, 2.75) is 13.8 Å². The highest BCUT2D eigenvalue weighted by molar-refractivity contribution is 7.25. The van der Waals surface area contributed by atoms with Crippen LogP contribution >= 0.6 is 11.3 Å². The molecule has 125 heavy (non-hydrogen) atoms. The lowest BCUT2D eigenvalue weighted by molar-refractivity contribution is 0.487. The van der Waals surface area contributed by atoms with Gasteiger partial charge in [-0.2, -0.15) is 0 Å². The summed E-state index contributed by atoms with van der Waals surface area (Å²) in [5.74, 6) is 3.27. The van der Waals surface area contributed by atoms with Crippen molar-refractivity contribution in [2.75, 3.05) is 9.80 Å². The van der Waals surface area contributed by atoms with Gasteiger partial charge in [-0.1, -0.05) is 299 Å². The summed E-state index contributed by atoms with van der Waals surface area (Å²) in [5, 5.41) is 21.0. The SMILES string of the molecule is Cc1cccc(C)c1B(c1ccc2oc3ccccc3c2c1)c1cc2c3cccc4c3c(cc2c2ccccc12)-c1ccc(N(c2cccc(-c3cccc(B(c5ccccc5)c5cc6c7cccc8c7c(cc6c6ccccc56)-c5ccc(N(c6ccccc6)c6ccc7sc9ccccc9c7c6)cc5O8)c3)c2)c2ccc3oc5ccccc5c3c2)cc1O4. The summed E-state index contributed by atoms with van der Waals surface area (Å²) >= 11 is 1.84. The molecule has 26 rings (SSSR count). The summed E-state index contributed by atoms with van der Waals surface area (Å²) in [6, 6.07) is 147. The van der Waals surface area contributed by atoms with Crippen molar-refractivity contribution in [1.82, 2.24) is 0 Å². The van der Waals surface area contributed by atoms with Crippen molar-refractivity contribution in [3.8, 4) is 56.4 Å². The fourth-order valence-electron chi connectivity index (χ4n) is 21.1. The quantitative estimate of drug-likeness (QED) is 0.0847. The van der Waals surface area contributed by atoms with Crippen molar-refractivity contribution in [2.24, 2.45) is 0 Å². The number of hydrogen-bond donors (Lipinski definition) is 0. The number of rotatable bonds is 13. The molecule has 0 saturated heterocycles. The maximum atomic E-state index is 7.38. The number of fused-ring (bicyclic) bond motifs is 21. The molecule has 0 aliphatic carbocycles. The molecular formula is C116H72B2N2O4S. The number of aryl methyl sites for hydroxylation is 2. The largest absolute Gasteiger partial charge is 0.456 e. The van der Waals surface area contributed by atoms with E-state index >= 15 is 0 Å². The number of ether oxygens (including phenoxy) is 2. The molecule has 0 unspecified atom stereocenters. The monoisotopic (exact) mass is 1610 g/mol. The first kappa shape index (κ1) is 71.1. The molecule has 6 nitrogen and oxygen atoms in total. The Hall–Kier alpha value is -15.7. The zero-order valence-corrected chi connectivity index (χ0v) is 69.0. The zero-order valence-electron chi connectivity index (χ0n) is 68.2. The van der Waals surface area contributed by atoms with E-state index in [4.69, 9.17) is 18.3 Å². The fraction of sp³-hybridized carbons (Fsp3) is 0.0172. The average molecular weight is 1610 g/mol. The van der Waals surface area contributed by atoms with Gasteiger partial charge in [-0.25, -0.2) is 0 Å². The predicted octanol–water partition coefficient (Wildman–Crippen LogP) is 28.6. The molecule has 582 valence electrons. The average Bonchev–Trinajstić information content (AvgIpc) is 1.49. The maximum absolute atomic E-state index is 7.38. The third-order valence-electron chi connectivity index (χ3n) is 26.7. The summed E-state index contributed by atoms with van der Waals surface area (Å²) in [7, 11) is 0. The van der Waals surface area contributed by atoms with E-state index in [0.717, 1.165) is 156 Å². The normalized spacial score (nSPS) is 12.2. The fourth-order valence-corrected chi connectivity index (χ4v) is 22.2. The Morgan fingerprint density at radius 1 is 0.224 bits per heavy atom. The van der Waals surface area contributed by atoms with Gasteiger partial charge in [0.1, 0.15) is 45.3 Å². The summed E-state index contributed by atoms with van der Waals surface area (Å²) in [6.45, 7) is 4.27. The molecule has 2 aliphatic heterocycles. The smallest absolute Gasteiger partial charge is 0.242 e. The lowest BCUT2D eigenvalue weighted by atomic mass is 9.35. The van der Waals surface area contributed by atoms with Crippen LogP contribution in [0.5, 0.6) is 23.0 Å². The van der Waals surface area contributed by atoms with Gasteiger partial charge in [0.25, 0.3) is 0 Å². The lowest BCUT2D eigenvalue weighted by Gasteiger charge is -2.29. The second-order valence-corrected chi connectivity index (χ2v) is 34.7. The highest BCUT2D eigenvalue weighted by Gasteiger charge is 2.34. The maximum Gasteiger partial charge on any atom is 0.242 e. The number of hydrogen-bond acceptors (Lipinski definition) is 7. The molecule has 3 aromatic heterocycles. The second kappa shape index (κ2) is 27.9. The molecule has 0 atom stereocenters. The Labute approximate surface area is 725 Å². The van der Waals surface area contributed by atoms with E-state index in [-0.39, 0.29) is 13.4 Å². The van der Waals surface area contributed by atoms with E-state index in [9.17, 15) is 0 Å². The van der Waals surface area contributed by atoms with Gasteiger partial charge in [-0.05, 0) is 223 Å². The van der Waals surface area contributed by atoms with E-state index in [1.807, 2.05) is 23.5 Å². The number of nitrogens with zero attached hydrogens (tertiary/aromatic N) is 2. The highest BCUT2D eigenvalue weighted by atomic mass is 32.1. The van der Waals surface area contributed by atoms with Crippen LogP contribution in [0.2, 0.25) is 0 Å². The Morgan fingerprint density at radius 3 is 1.27 bits per heavy atom. The van der Waals surface area contributed by atoms with E-state index in [2.05, 4.69) is 412 Å². The van der Waals surface area contributed by atoms with Crippen LogP contribution < -0.4 is 52.1 Å². The molecule has 0 fully saturated rings. The van der Waals surface area contributed by atoms with Crippen molar-refractivity contribution in [3.05, 3.63) is 412 Å². The topological polar surface area (TPSA) is 51.2 Å². The van der Waals surface area contributed by atoms with E-state index in [0.29, 0.717) is 0 Å². The first-order chi connectivity index (χ1) is 61.8. The third-order valence-corrected chi connectivity index (χ3v) is 27.8.